The molecule has 0 bridgehead atoms. The van der Waals surface area contributed by atoms with E-state index in [0.29, 0.717) is 23.0 Å². The normalized spacial score (nSPS) is 10.4. The van der Waals surface area contributed by atoms with Gasteiger partial charge in [-0.2, -0.15) is 0 Å². The van der Waals surface area contributed by atoms with Crippen molar-refractivity contribution in [3.63, 3.8) is 0 Å². The number of hydrogen-bond acceptors (Lipinski definition) is 4. The number of para-hydroxylation sites is 2. The lowest BCUT2D eigenvalue weighted by Crippen LogP contribution is -2.18. The van der Waals surface area contributed by atoms with Gasteiger partial charge in [0.25, 0.3) is 5.91 Å². The van der Waals surface area contributed by atoms with Gasteiger partial charge < -0.3 is 10.2 Å². The molecule has 0 unspecified atom stereocenters. The van der Waals surface area contributed by atoms with E-state index in [2.05, 4.69) is 31.2 Å². The number of benzene rings is 2. The molecule has 0 aliphatic rings. The van der Waals surface area contributed by atoms with Crippen LogP contribution in [0.25, 0.3) is 0 Å². The van der Waals surface area contributed by atoms with Gasteiger partial charge in [0.2, 0.25) is 0 Å². The molecule has 126 valence electrons. The molecule has 0 spiro atoms. The van der Waals surface area contributed by atoms with E-state index in [1.165, 1.54) is 0 Å². The van der Waals surface area contributed by atoms with Crippen LogP contribution in [0.2, 0.25) is 0 Å². The molecular formula is C19H17BrN4O. The number of halogens is 1. The molecule has 3 rings (SSSR count). The minimum absolute atomic E-state index is 0.278. The van der Waals surface area contributed by atoms with Gasteiger partial charge in [-0.05, 0) is 47.1 Å². The number of aromatic nitrogens is 2. The number of aryl methyl sites for hydroxylation is 1. The maximum atomic E-state index is 12.6. The standard InChI is InChI=1S/C19H17BrN4O/c1-13-21-17(19(25)23-16-11-7-6-10-15(16)20)12-18(22-13)24(2)14-8-4-3-5-9-14/h3-12H,1-2H3,(H,23,25). The Bertz CT molecular complexity index is 899. The molecular weight excluding hydrogens is 380 g/mol. The molecule has 0 atom stereocenters. The van der Waals surface area contributed by atoms with Crippen LogP contribution in [-0.4, -0.2) is 22.9 Å². The molecule has 0 aliphatic carbocycles. The van der Waals surface area contributed by atoms with Crippen LogP contribution in [-0.2, 0) is 0 Å². The maximum Gasteiger partial charge on any atom is 0.274 e. The third-order valence-electron chi connectivity index (χ3n) is 3.67. The molecule has 1 aromatic heterocycles. The number of rotatable bonds is 4. The van der Waals surface area contributed by atoms with Crippen LogP contribution in [0, 0.1) is 6.92 Å². The van der Waals surface area contributed by atoms with Crippen LogP contribution in [0.5, 0.6) is 0 Å². The third-order valence-corrected chi connectivity index (χ3v) is 4.36. The number of nitrogens with zero attached hydrogens (tertiary/aromatic N) is 3. The van der Waals surface area contributed by atoms with E-state index < -0.39 is 0 Å². The first-order chi connectivity index (χ1) is 12.0. The molecule has 0 aliphatic heterocycles. The van der Waals surface area contributed by atoms with Gasteiger partial charge in [-0.3, -0.25) is 4.79 Å². The van der Waals surface area contributed by atoms with E-state index in [0.717, 1.165) is 10.2 Å². The van der Waals surface area contributed by atoms with Crippen molar-refractivity contribution < 1.29 is 4.79 Å². The zero-order chi connectivity index (χ0) is 17.8. The van der Waals surface area contributed by atoms with Crippen molar-refractivity contribution >= 4 is 39.0 Å². The first-order valence-corrected chi connectivity index (χ1v) is 8.54. The highest BCUT2D eigenvalue weighted by atomic mass is 79.9. The van der Waals surface area contributed by atoms with Gasteiger partial charge in [0.1, 0.15) is 17.3 Å². The van der Waals surface area contributed by atoms with Gasteiger partial charge in [-0.25, -0.2) is 9.97 Å². The summed E-state index contributed by atoms with van der Waals surface area (Å²) in [7, 11) is 1.91. The van der Waals surface area contributed by atoms with E-state index in [1.54, 1.807) is 13.0 Å². The number of carbonyl (C=O) groups excluding carboxylic acids is 1. The van der Waals surface area contributed by atoms with E-state index in [1.807, 2.05) is 66.5 Å². The molecule has 0 saturated carbocycles. The average Bonchev–Trinajstić information content (AvgIpc) is 2.63. The zero-order valence-electron chi connectivity index (χ0n) is 13.9. The van der Waals surface area contributed by atoms with E-state index in [9.17, 15) is 4.79 Å². The Balaban J connectivity index is 1.89. The fourth-order valence-electron chi connectivity index (χ4n) is 2.37. The van der Waals surface area contributed by atoms with Crippen LogP contribution in [0.1, 0.15) is 16.3 Å². The summed E-state index contributed by atoms with van der Waals surface area (Å²) in [6.45, 7) is 1.78. The molecule has 2 aromatic carbocycles. The van der Waals surface area contributed by atoms with Crippen molar-refractivity contribution in [1.29, 1.82) is 0 Å². The summed E-state index contributed by atoms with van der Waals surface area (Å²) in [6, 6.07) is 19.0. The monoisotopic (exact) mass is 396 g/mol. The van der Waals surface area contributed by atoms with E-state index in [4.69, 9.17) is 0 Å². The third kappa shape index (κ3) is 4.03. The molecule has 1 N–H and O–H groups in total. The van der Waals surface area contributed by atoms with Crippen molar-refractivity contribution in [1.82, 2.24) is 9.97 Å². The Morgan fingerprint density at radius 1 is 1.04 bits per heavy atom. The molecule has 1 amide bonds. The molecule has 25 heavy (non-hydrogen) atoms. The summed E-state index contributed by atoms with van der Waals surface area (Å²) in [4.78, 5) is 23.2. The van der Waals surface area contributed by atoms with E-state index >= 15 is 0 Å². The number of amides is 1. The Morgan fingerprint density at radius 2 is 1.72 bits per heavy atom. The van der Waals surface area contributed by atoms with Gasteiger partial charge in [0.05, 0.1) is 5.69 Å². The summed E-state index contributed by atoms with van der Waals surface area (Å²) in [6.07, 6.45) is 0. The quantitative estimate of drug-likeness (QED) is 0.701. The van der Waals surface area contributed by atoms with Crippen molar-refractivity contribution in [2.45, 2.75) is 6.92 Å². The van der Waals surface area contributed by atoms with Crippen molar-refractivity contribution in [3.05, 3.63) is 76.7 Å². The van der Waals surface area contributed by atoms with E-state index in [-0.39, 0.29) is 5.91 Å². The Kier molecular flexibility index (Phi) is 5.09. The second kappa shape index (κ2) is 7.44. The molecule has 0 radical (unpaired) electrons. The molecule has 3 aromatic rings. The van der Waals surface area contributed by atoms with Gasteiger partial charge in [0, 0.05) is 23.3 Å². The lowest BCUT2D eigenvalue weighted by molar-refractivity contribution is 0.102. The lowest BCUT2D eigenvalue weighted by Gasteiger charge is -2.19. The van der Waals surface area contributed by atoms with Crippen LogP contribution in [0.3, 0.4) is 0 Å². The number of anilines is 3. The number of carbonyl (C=O) groups is 1. The first-order valence-electron chi connectivity index (χ1n) is 7.75. The minimum Gasteiger partial charge on any atom is -0.329 e. The molecule has 6 heteroatoms. The number of nitrogens with one attached hydrogen (secondary N) is 1. The SMILES string of the molecule is Cc1nc(C(=O)Nc2ccccc2Br)cc(N(C)c2ccccc2)n1. The highest BCUT2D eigenvalue weighted by Crippen LogP contribution is 2.24. The van der Waals surface area contributed by atoms with Crippen molar-refractivity contribution in [3.8, 4) is 0 Å². The largest absolute Gasteiger partial charge is 0.329 e. The fraction of sp³-hybridized carbons (Fsp3) is 0.105. The van der Waals surface area contributed by atoms with Crippen LogP contribution in [0.4, 0.5) is 17.2 Å². The molecule has 0 saturated heterocycles. The van der Waals surface area contributed by atoms with Crippen molar-refractivity contribution in [2.75, 3.05) is 17.3 Å². The summed E-state index contributed by atoms with van der Waals surface area (Å²) >= 11 is 3.42. The summed E-state index contributed by atoms with van der Waals surface area (Å²) in [5.74, 6) is 0.925. The Labute approximate surface area is 154 Å². The smallest absolute Gasteiger partial charge is 0.274 e. The Morgan fingerprint density at radius 3 is 2.44 bits per heavy atom. The second-order valence-electron chi connectivity index (χ2n) is 5.49. The predicted octanol–water partition coefficient (Wildman–Crippen LogP) is 4.57. The van der Waals surface area contributed by atoms with Crippen LogP contribution >= 0.6 is 15.9 Å². The molecule has 1 heterocycles. The lowest BCUT2D eigenvalue weighted by atomic mass is 10.2. The highest BCUT2D eigenvalue weighted by Gasteiger charge is 2.14. The molecule has 5 nitrogen and oxygen atoms in total. The minimum atomic E-state index is -0.278. The topological polar surface area (TPSA) is 58.1 Å². The summed E-state index contributed by atoms with van der Waals surface area (Å²) in [5.41, 5.74) is 2.00. The maximum absolute atomic E-state index is 12.6. The van der Waals surface area contributed by atoms with Gasteiger partial charge in [-0.15, -0.1) is 0 Å². The van der Waals surface area contributed by atoms with Gasteiger partial charge in [-0.1, -0.05) is 30.3 Å². The highest BCUT2D eigenvalue weighted by molar-refractivity contribution is 9.10. The number of hydrogen-bond donors (Lipinski definition) is 1. The second-order valence-corrected chi connectivity index (χ2v) is 6.34. The zero-order valence-corrected chi connectivity index (χ0v) is 15.5. The average molecular weight is 397 g/mol. The summed E-state index contributed by atoms with van der Waals surface area (Å²) < 4.78 is 0.816. The van der Waals surface area contributed by atoms with Crippen LogP contribution < -0.4 is 10.2 Å². The van der Waals surface area contributed by atoms with Gasteiger partial charge in [0.15, 0.2) is 0 Å². The fourth-order valence-corrected chi connectivity index (χ4v) is 2.76. The Hall–Kier alpha value is -2.73. The molecule has 0 fully saturated rings. The van der Waals surface area contributed by atoms with Gasteiger partial charge >= 0.3 is 0 Å². The first kappa shape index (κ1) is 17.1. The summed E-state index contributed by atoms with van der Waals surface area (Å²) in [5, 5.41) is 2.87. The predicted molar refractivity (Wildman–Crippen MR) is 103 cm³/mol. The van der Waals surface area contributed by atoms with Crippen molar-refractivity contribution in [2.24, 2.45) is 0 Å². The van der Waals surface area contributed by atoms with Crippen LogP contribution in [0.15, 0.2) is 65.1 Å².